The third-order valence-corrected chi connectivity index (χ3v) is 18.9. The monoisotopic (exact) mass is 1430 g/mol. The summed E-state index contributed by atoms with van der Waals surface area (Å²) in [4.78, 5) is 40.2. The molecule has 0 bridgehead atoms. The van der Waals surface area contributed by atoms with E-state index in [0.717, 1.165) is 76.3 Å². The SMILES string of the molecule is CC(=O)N1CCC(C(C)(C)C)CC1.CC(C)(C)C1CCCCC1.CC(C)(C)C1CCCCC1.CC(C)(C)CC(=O)N1CCOCC1.CC(C)(C)CC(=O)OC(C)(C)C.CC(C)(C)Cc1ccccc1.CC(C)(C)Cc1ccccc1.CN1CC=C(C(C)(C)C)CC1.COCCOCCC(C)(C)C. The zero-order valence-electron chi connectivity index (χ0n) is 73.8. The fourth-order valence-electron chi connectivity index (χ4n) is 12.7. The molecule has 2 aromatic rings. The highest BCUT2D eigenvalue weighted by Gasteiger charge is 2.31. The normalized spacial score (nSPS) is 17.2. The van der Waals surface area contributed by atoms with E-state index in [1.165, 1.54) is 101 Å². The van der Waals surface area contributed by atoms with Crippen LogP contribution in [0.15, 0.2) is 72.3 Å². The molecule has 596 valence electrons. The quantitative estimate of drug-likeness (QED) is 0.139. The molecule has 5 aliphatic rings. The first kappa shape index (κ1) is 100. The Morgan fingerprint density at radius 1 is 0.451 bits per heavy atom. The van der Waals surface area contributed by atoms with E-state index in [1.807, 2.05) is 51.3 Å². The van der Waals surface area contributed by atoms with Crippen LogP contribution in [0.2, 0.25) is 0 Å². The zero-order chi connectivity index (χ0) is 79.0. The molecular weight excluding hydrogens is 1260 g/mol. The number of likely N-dealkylation sites (N-methyl/N-ethyl adjacent to an activating group) is 1. The Morgan fingerprint density at radius 3 is 1.14 bits per heavy atom. The van der Waals surface area contributed by atoms with Crippen molar-refractivity contribution in [3.8, 4) is 0 Å². The molecule has 0 N–H and O–H groups in total. The van der Waals surface area contributed by atoms with E-state index in [-0.39, 0.29) is 34.2 Å². The number of rotatable bonds is 9. The Morgan fingerprint density at radius 2 is 0.843 bits per heavy atom. The van der Waals surface area contributed by atoms with Gasteiger partial charge in [0.2, 0.25) is 11.8 Å². The Kier molecular flexibility index (Phi) is 47.9. The minimum Gasteiger partial charge on any atom is -0.460 e. The number of methoxy groups -OCH3 is 1. The molecule has 0 aromatic heterocycles. The molecule has 102 heavy (non-hydrogen) atoms. The van der Waals surface area contributed by atoms with Gasteiger partial charge in [0.05, 0.1) is 32.8 Å². The first-order valence-electron chi connectivity index (χ1n) is 40.3. The van der Waals surface area contributed by atoms with Crippen molar-refractivity contribution in [2.75, 3.05) is 86.5 Å². The first-order valence-corrected chi connectivity index (χ1v) is 40.3. The van der Waals surface area contributed by atoms with Crippen molar-refractivity contribution in [3.05, 3.63) is 83.4 Å². The van der Waals surface area contributed by atoms with Gasteiger partial charge in [0.1, 0.15) is 5.60 Å². The Hall–Kier alpha value is -3.57. The largest absolute Gasteiger partial charge is 0.460 e. The highest BCUT2D eigenvalue weighted by Crippen LogP contribution is 2.39. The average molecular weight is 1430 g/mol. The van der Waals surface area contributed by atoms with Gasteiger partial charge >= 0.3 is 5.97 Å². The van der Waals surface area contributed by atoms with Crippen molar-refractivity contribution in [3.63, 3.8) is 0 Å². The molecule has 2 saturated carbocycles. The van der Waals surface area contributed by atoms with Crippen LogP contribution in [0.25, 0.3) is 0 Å². The minimum atomic E-state index is -0.359. The van der Waals surface area contributed by atoms with Crippen LogP contribution < -0.4 is 0 Å². The Balaban J connectivity index is 0. The molecule has 4 fully saturated rings. The van der Waals surface area contributed by atoms with Gasteiger partial charge in [0, 0.05) is 66.3 Å². The lowest BCUT2D eigenvalue weighted by molar-refractivity contribution is -0.157. The zero-order valence-corrected chi connectivity index (χ0v) is 73.8. The van der Waals surface area contributed by atoms with Gasteiger partial charge in [-0.1, -0.05) is 298 Å². The first-order chi connectivity index (χ1) is 46.4. The fraction of sp³-hybridized carbons (Fsp3) is 0.815. The van der Waals surface area contributed by atoms with Crippen LogP contribution >= 0.6 is 0 Å². The molecular formula is C92H171N3O7. The van der Waals surface area contributed by atoms with Crippen molar-refractivity contribution in [1.82, 2.24) is 14.7 Å². The highest BCUT2D eigenvalue weighted by atomic mass is 16.6. The van der Waals surface area contributed by atoms with Gasteiger partial charge in [-0.2, -0.15) is 0 Å². The van der Waals surface area contributed by atoms with Crippen molar-refractivity contribution >= 4 is 17.8 Å². The van der Waals surface area contributed by atoms with E-state index in [0.29, 0.717) is 77.2 Å². The van der Waals surface area contributed by atoms with Crippen LogP contribution in [0.1, 0.15) is 328 Å². The lowest BCUT2D eigenvalue weighted by atomic mass is 9.72. The Bertz CT molecular complexity index is 2360. The van der Waals surface area contributed by atoms with Crippen molar-refractivity contribution in [2.24, 2.45) is 66.5 Å². The second-order valence-corrected chi connectivity index (χ2v) is 41.5. The molecule has 3 aliphatic heterocycles. The average Bonchev–Trinajstić information content (AvgIpc) is 0.876. The predicted octanol–water partition coefficient (Wildman–Crippen LogP) is 24.5. The van der Waals surface area contributed by atoms with E-state index in [9.17, 15) is 14.4 Å². The van der Waals surface area contributed by atoms with Crippen molar-refractivity contribution < 1.29 is 33.3 Å². The van der Waals surface area contributed by atoms with Gasteiger partial charge in [0.15, 0.2) is 0 Å². The Labute approximate surface area is 634 Å². The van der Waals surface area contributed by atoms with Crippen LogP contribution in [0, 0.1) is 66.5 Å². The van der Waals surface area contributed by atoms with E-state index in [1.54, 1.807) is 19.6 Å². The number of carbonyl (C=O) groups is 3. The van der Waals surface area contributed by atoms with E-state index < -0.39 is 0 Å². The number of piperidine rings is 1. The van der Waals surface area contributed by atoms with Crippen LogP contribution in [-0.4, -0.2) is 125 Å². The molecule has 0 radical (unpaired) electrons. The molecule has 3 heterocycles. The second-order valence-electron chi connectivity index (χ2n) is 41.5. The number of hydrogen-bond donors (Lipinski definition) is 0. The number of carbonyl (C=O) groups excluding carboxylic acids is 3. The lowest BCUT2D eigenvalue weighted by Gasteiger charge is -2.38. The van der Waals surface area contributed by atoms with Crippen LogP contribution in [0.4, 0.5) is 0 Å². The fourth-order valence-corrected chi connectivity index (χ4v) is 12.7. The smallest absolute Gasteiger partial charge is 0.306 e. The summed E-state index contributed by atoms with van der Waals surface area (Å²) in [5, 5.41) is 0. The molecule has 2 aromatic carbocycles. The summed E-state index contributed by atoms with van der Waals surface area (Å²) in [6, 6.07) is 21.3. The van der Waals surface area contributed by atoms with E-state index in [2.05, 4.69) is 245 Å². The summed E-state index contributed by atoms with van der Waals surface area (Å²) in [6.45, 7) is 77.3. The number of amides is 2. The molecule has 2 amide bonds. The second kappa shape index (κ2) is 48.7. The van der Waals surface area contributed by atoms with Gasteiger partial charge in [-0.3, -0.25) is 14.4 Å². The van der Waals surface area contributed by atoms with Gasteiger partial charge in [-0.15, -0.1) is 0 Å². The molecule has 7 rings (SSSR count). The topological polar surface area (TPSA) is 97.9 Å². The van der Waals surface area contributed by atoms with E-state index >= 15 is 0 Å². The number of ether oxygens (including phenoxy) is 4. The molecule has 0 unspecified atom stereocenters. The maximum Gasteiger partial charge on any atom is 0.306 e. The molecule has 0 atom stereocenters. The standard InChI is InChI=1S/C11H21NO.2C11H16.C10H19NO2.C10H19N.C10H20O2.2C10H20.C9H20O2/c1-9(13)12-7-5-10(6-8-12)11(2,3)4;2*1-11(2,3)9-10-7-5-4-6-8-10;1-10(2,3)8-9(12)11-4-6-13-7-5-11;1-10(2,3)9-5-7-11(4)8-6-9;1-9(2,3)7-8(11)12-10(4,5)6;2*1-10(2,3)9-7-5-4-6-8-9;1-9(2,3)5-6-11-8-7-10-4/h10H,5-8H2,1-4H3;2*4-8H,9H2,1-3H3;4-8H2,1-3H3;5H,6-8H2,1-4H3;7H2,1-6H3;2*9H,4-8H2,1-3H3;5-8H2,1-4H3. The molecule has 2 saturated heterocycles. The van der Waals surface area contributed by atoms with Gasteiger partial charge in [-0.25, -0.2) is 0 Å². The summed E-state index contributed by atoms with van der Waals surface area (Å²) in [5.74, 6) is 3.16. The summed E-state index contributed by atoms with van der Waals surface area (Å²) in [5.41, 5.74) is 7.36. The minimum absolute atomic E-state index is 0.0162. The highest BCUT2D eigenvalue weighted by molar-refractivity contribution is 5.77. The maximum atomic E-state index is 11.7. The molecule has 2 aliphatic carbocycles. The van der Waals surface area contributed by atoms with Gasteiger partial charge in [0.25, 0.3) is 0 Å². The number of esters is 1. The third kappa shape index (κ3) is 59.6. The summed E-state index contributed by atoms with van der Waals surface area (Å²) < 4.78 is 20.5. The summed E-state index contributed by atoms with van der Waals surface area (Å²) >= 11 is 0. The number of morpholine rings is 1. The van der Waals surface area contributed by atoms with Gasteiger partial charge in [-0.05, 0) is 170 Å². The third-order valence-electron chi connectivity index (χ3n) is 18.9. The summed E-state index contributed by atoms with van der Waals surface area (Å²) in [7, 11) is 3.86. The van der Waals surface area contributed by atoms with Crippen LogP contribution in [0.5, 0.6) is 0 Å². The number of likely N-dealkylation sites (tertiary alicyclic amines) is 1. The lowest BCUT2D eigenvalue weighted by Crippen LogP contribution is -2.41. The number of hydrogen-bond acceptors (Lipinski definition) is 8. The van der Waals surface area contributed by atoms with E-state index in [4.69, 9.17) is 18.9 Å². The van der Waals surface area contributed by atoms with Crippen LogP contribution in [-0.2, 0) is 46.2 Å². The number of nitrogens with zero attached hydrogens (tertiary/aromatic N) is 3. The number of benzene rings is 2. The summed E-state index contributed by atoms with van der Waals surface area (Å²) in [6.07, 6.45) is 25.3. The maximum absolute atomic E-state index is 11.7. The predicted molar refractivity (Wildman–Crippen MR) is 444 cm³/mol. The van der Waals surface area contributed by atoms with Gasteiger partial charge < -0.3 is 33.6 Å². The molecule has 0 spiro atoms. The molecule has 10 nitrogen and oxygen atoms in total. The van der Waals surface area contributed by atoms with Crippen LogP contribution in [0.3, 0.4) is 0 Å². The van der Waals surface area contributed by atoms with Crippen molar-refractivity contribution in [2.45, 2.75) is 336 Å². The molecule has 10 heteroatoms. The van der Waals surface area contributed by atoms with Crippen molar-refractivity contribution in [1.29, 1.82) is 0 Å².